The number of methoxy groups -OCH3 is 3. The third kappa shape index (κ3) is 7.09. The van der Waals surface area contributed by atoms with E-state index in [-0.39, 0.29) is 23.4 Å². The molecule has 0 unspecified atom stereocenters. The first-order chi connectivity index (χ1) is 16.6. The van der Waals surface area contributed by atoms with Gasteiger partial charge in [-0.15, -0.1) is 0 Å². The number of ether oxygens (including phenoxy) is 3. The quantitative estimate of drug-likeness (QED) is 0.278. The Bertz CT molecular complexity index is 1080. The number of amides is 2. The fraction of sp³-hybridized carbons (Fsp3) is 0.261. The van der Waals surface area contributed by atoms with E-state index in [1.54, 1.807) is 12.1 Å². The standard InChI is InChI=1S/C23H24N2O10/c1-33-21(30)13-6-4-12(5-7-13)11-24-19(28)17(26)18(27)20(29)25-16-9-14(22(31)34-2)8-15(10-16)23(32)35-3/h4-10,17-18,26-27H,11H2,1-3H3,(H,24,28)(H,25,29)/t17-,18-/m1/s1. The Morgan fingerprint density at radius 2 is 1.17 bits per heavy atom. The molecule has 0 saturated heterocycles. The lowest BCUT2D eigenvalue weighted by Gasteiger charge is -2.18. The molecule has 2 aromatic rings. The van der Waals surface area contributed by atoms with Gasteiger partial charge in [-0.1, -0.05) is 12.1 Å². The zero-order valence-corrected chi connectivity index (χ0v) is 19.1. The van der Waals surface area contributed by atoms with Gasteiger partial charge in [0.15, 0.2) is 12.2 Å². The summed E-state index contributed by atoms with van der Waals surface area (Å²) in [6.07, 6.45) is -4.31. The van der Waals surface area contributed by atoms with Crippen molar-refractivity contribution in [1.29, 1.82) is 0 Å². The molecule has 12 heteroatoms. The SMILES string of the molecule is COC(=O)c1ccc(CNC(=O)[C@H](O)[C@@H](O)C(=O)Nc2cc(C(=O)OC)cc(C(=O)OC)c2)cc1. The topological polar surface area (TPSA) is 178 Å². The van der Waals surface area contributed by atoms with Gasteiger partial charge in [-0.05, 0) is 35.9 Å². The van der Waals surface area contributed by atoms with E-state index in [1.807, 2.05) is 0 Å². The van der Waals surface area contributed by atoms with Crippen LogP contribution >= 0.6 is 0 Å². The van der Waals surface area contributed by atoms with E-state index in [9.17, 15) is 34.2 Å². The van der Waals surface area contributed by atoms with Gasteiger partial charge in [0.05, 0.1) is 38.0 Å². The molecule has 2 aromatic carbocycles. The zero-order valence-electron chi connectivity index (χ0n) is 19.1. The van der Waals surface area contributed by atoms with Crippen molar-refractivity contribution in [3.63, 3.8) is 0 Å². The second-order valence-electron chi connectivity index (χ2n) is 7.07. The molecule has 2 amide bonds. The third-order valence-electron chi connectivity index (χ3n) is 4.72. The number of hydrogen-bond donors (Lipinski definition) is 4. The van der Waals surface area contributed by atoms with E-state index in [2.05, 4.69) is 24.8 Å². The van der Waals surface area contributed by atoms with Gasteiger partial charge in [0.2, 0.25) is 0 Å². The van der Waals surface area contributed by atoms with Crippen LogP contribution in [0.3, 0.4) is 0 Å². The average molecular weight is 488 g/mol. The van der Waals surface area contributed by atoms with E-state index in [1.165, 1.54) is 37.4 Å². The molecular formula is C23H24N2O10. The van der Waals surface area contributed by atoms with Gasteiger partial charge in [-0.2, -0.15) is 0 Å². The van der Waals surface area contributed by atoms with Gasteiger partial charge < -0.3 is 35.1 Å². The maximum absolute atomic E-state index is 12.4. The number of benzene rings is 2. The predicted molar refractivity (Wildman–Crippen MR) is 119 cm³/mol. The average Bonchev–Trinajstić information content (AvgIpc) is 2.89. The second kappa shape index (κ2) is 12.3. The fourth-order valence-corrected chi connectivity index (χ4v) is 2.84. The van der Waals surface area contributed by atoms with Gasteiger partial charge >= 0.3 is 17.9 Å². The number of anilines is 1. The molecule has 0 aromatic heterocycles. The van der Waals surface area contributed by atoms with Gasteiger partial charge in [-0.25, -0.2) is 14.4 Å². The largest absolute Gasteiger partial charge is 0.465 e. The molecule has 4 N–H and O–H groups in total. The van der Waals surface area contributed by atoms with E-state index in [0.717, 1.165) is 14.2 Å². The van der Waals surface area contributed by atoms with Gasteiger partial charge in [0.25, 0.3) is 11.8 Å². The summed E-state index contributed by atoms with van der Waals surface area (Å²) < 4.78 is 13.8. The Kier molecular flexibility index (Phi) is 9.44. The van der Waals surface area contributed by atoms with E-state index in [0.29, 0.717) is 11.1 Å². The van der Waals surface area contributed by atoms with Crippen molar-refractivity contribution in [2.45, 2.75) is 18.8 Å². The van der Waals surface area contributed by atoms with E-state index >= 15 is 0 Å². The number of aliphatic hydroxyl groups excluding tert-OH is 2. The Balaban J connectivity index is 2.04. The highest BCUT2D eigenvalue weighted by atomic mass is 16.5. The van der Waals surface area contributed by atoms with Gasteiger partial charge in [0, 0.05) is 12.2 Å². The number of aliphatic hydroxyl groups is 2. The van der Waals surface area contributed by atoms with Crippen LogP contribution in [0.5, 0.6) is 0 Å². The summed E-state index contributed by atoms with van der Waals surface area (Å²) in [6.45, 7) is -0.0602. The minimum absolute atomic E-state index is 0.0602. The first-order valence-electron chi connectivity index (χ1n) is 10.0. The third-order valence-corrected chi connectivity index (χ3v) is 4.72. The molecule has 0 heterocycles. The molecule has 0 saturated carbocycles. The molecule has 0 aliphatic carbocycles. The van der Waals surface area contributed by atoms with Crippen LogP contribution < -0.4 is 10.6 Å². The summed E-state index contributed by atoms with van der Waals surface area (Å²) in [5.74, 6) is -4.34. The van der Waals surface area contributed by atoms with Crippen molar-refractivity contribution in [2.24, 2.45) is 0 Å². The lowest BCUT2D eigenvalue weighted by Crippen LogP contribution is -2.47. The molecule has 0 fully saturated rings. The summed E-state index contributed by atoms with van der Waals surface area (Å²) in [7, 11) is 3.49. The highest BCUT2D eigenvalue weighted by molar-refractivity contribution is 6.02. The molecule has 0 bridgehead atoms. The summed E-state index contributed by atoms with van der Waals surface area (Å²) in [5.41, 5.74) is 0.623. The van der Waals surface area contributed by atoms with Crippen molar-refractivity contribution in [3.05, 3.63) is 64.7 Å². The minimum atomic E-state index is -2.18. The molecule has 2 rings (SSSR count). The number of hydrogen-bond acceptors (Lipinski definition) is 10. The minimum Gasteiger partial charge on any atom is -0.465 e. The van der Waals surface area contributed by atoms with Crippen molar-refractivity contribution in [1.82, 2.24) is 5.32 Å². The van der Waals surface area contributed by atoms with Gasteiger partial charge in [-0.3, -0.25) is 9.59 Å². The summed E-state index contributed by atoms with van der Waals surface area (Å²) >= 11 is 0. The first-order valence-corrected chi connectivity index (χ1v) is 10.0. The molecular weight excluding hydrogens is 464 g/mol. The van der Waals surface area contributed by atoms with E-state index < -0.39 is 41.9 Å². The zero-order chi connectivity index (χ0) is 26.1. The van der Waals surface area contributed by atoms with Crippen LogP contribution in [-0.4, -0.2) is 73.5 Å². The Morgan fingerprint density at radius 3 is 1.66 bits per heavy atom. The molecule has 0 aliphatic heterocycles. The van der Waals surface area contributed by atoms with E-state index in [4.69, 9.17) is 0 Å². The number of carbonyl (C=O) groups is 5. The molecule has 12 nitrogen and oxygen atoms in total. The first kappa shape index (κ1) is 27.0. The Morgan fingerprint density at radius 1 is 0.714 bits per heavy atom. The van der Waals surface area contributed by atoms with Crippen molar-refractivity contribution < 1.29 is 48.4 Å². The molecule has 0 radical (unpaired) electrons. The van der Waals surface area contributed by atoms with Crippen molar-refractivity contribution >= 4 is 35.4 Å². The van der Waals surface area contributed by atoms with Crippen LogP contribution in [-0.2, 0) is 30.3 Å². The van der Waals surface area contributed by atoms with Crippen molar-refractivity contribution in [2.75, 3.05) is 26.6 Å². The normalized spacial score (nSPS) is 12.0. The number of esters is 3. The second-order valence-corrected chi connectivity index (χ2v) is 7.07. The summed E-state index contributed by atoms with van der Waals surface area (Å²) in [6, 6.07) is 9.60. The summed E-state index contributed by atoms with van der Waals surface area (Å²) in [5, 5.41) is 24.8. The predicted octanol–water partition coefficient (Wildman–Crippen LogP) is 0.0231. The van der Waals surface area contributed by atoms with Crippen LogP contribution in [0, 0.1) is 0 Å². The highest BCUT2D eigenvalue weighted by Gasteiger charge is 2.30. The molecule has 2 atom stereocenters. The molecule has 35 heavy (non-hydrogen) atoms. The monoisotopic (exact) mass is 488 g/mol. The maximum Gasteiger partial charge on any atom is 0.337 e. The van der Waals surface area contributed by atoms with Crippen molar-refractivity contribution in [3.8, 4) is 0 Å². The maximum atomic E-state index is 12.4. The summed E-state index contributed by atoms with van der Waals surface area (Å²) in [4.78, 5) is 59.7. The van der Waals surface area contributed by atoms with Crippen LogP contribution in [0.4, 0.5) is 5.69 Å². The number of rotatable bonds is 9. The van der Waals surface area contributed by atoms with Crippen LogP contribution in [0.15, 0.2) is 42.5 Å². The Hall–Kier alpha value is -4.29. The lowest BCUT2D eigenvalue weighted by molar-refractivity contribution is -0.143. The van der Waals surface area contributed by atoms with Crippen LogP contribution in [0.2, 0.25) is 0 Å². The highest BCUT2D eigenvalue weighted by Crippen LogP contribution is 2.18. The lowest BCUT2D eigenvalue weighted by atomic mass is 10.1. The van der Waals surface area contributed by atoms with Crippen LogP contribution in [0.1, 0.15) is 36.6 Å². The molecule has 0 spiro atoms. The molecule has 0 aliphatic rings. The number of nitrogens with one attached hydrogen (secondary N) is 2. The fourth-order valence-electron chi connectivity index (χ4n) is 2.84. The smallest absolute Gasteiger partial charge is 0.337 e. The Labute approximate surface area is 199 Å². The molecule has 186 valence electrons. The van der Waals surface area contributed by atoms with Crippen LogP contribution in [0.25, 0.3) is 0 Å². The van der Waals surface area contributed by atoms with Gasteiger partial charge in [0.1, 0.15) is 0 Å². The number of carbonyl (C=O) groups excluding carboxylic acids is 5.